The third-order valence-electron chi connectivity index (χ3n) is 1.87. The summed E-state index contributed by atoms with van der Waals surface area (Å²) in [5, 5.41) is 29.9. The predicted molar refractivity (Wildman–Crippen MR) is 53.9 cm³/mol. The second kappa shape index (κ2) is 4.87. The van der Waals surface area contributed by atoms with E-state index < -0.39 is 15.7 Å². The topological polar surface area (TPSA) is 107 Å². The third-order valence-corrected chi connectivity index (χ3v) is 1.87. The average molecular weight is 224 g/mol. The van der Waals surface area contributed by atoms with Crippen LogP contribution in [0.5, 0.6) is 5.75 Å². The lowest BCUT2D eigenvalue weighted by Crippen LogP contribution is -2.09. The Kier molecular flexibility index (Phi) is 3.54. The van der Waals surface area contributed by atoms with Gasteiger partial charge in [0.25, 0.3) is 0 Å². The second-order valence-corrected chi connectivity index (χ2v) is 2.91. The van der Waals surface area contributed by atoms with Gasteiger partial charge >= 0.3 is 5.82 Å². The van der Waals surface area contributed by atoms with E-state index in [0.717, 1.165) is 6.08 Å². The minimum absolute atomic E-state index is 0.0511. The van der Waals surface area contributed by atoms with Crippen molar-refractivity contribution in [3.05, 3.63) is 62.0 Å². The Bertz CT molecular complexity index is 439. The lowest BCUT2D eigenvalue weighted by molar-refractivity contribution is -0.616. The van der Waals surface area contributed by atoms with E-state index in [-0.39, 0.29) is 12.2 Å². The van der Waals surface area contributed by atoms with Crippen LogP contribution in [0.3, 0.4) is 0 Å². The van der Waals surface area contributed by atoms with Gasteiger partial charge in [0, 0.05) is 6.42 Å². The second-order valence-electron chi connectivity index (χ2n) is 2.91. The molecule has 1 aromatic rings. The predicted octanol–water partition coefficient (Wildman–Crippen LogP) is 1.33. The molecule has 0 spiro atoms. The summed E-state index contributed by atoms with van der Waals surface area (Å²) in [4.78, 5) is 18.4. The van der Waals surface area contributed by atoms with Crippen molar-refractivity contribution in [1.82, 2.24) is 0 Å². The number of aromatic hydroxyl groups is 1. The average Bonchev–Trinajstić information content (AvgIpc) is 2.20. The van der Waals surface area contributed by atoms with Gasteiger partial charge in [0.05, 0.1) is 6.08 Å². The number of benzene rings is 1. The van der Waals surface area contributed by atoms with Gasteiger partial charge in [-0.05, 0) is 11.6 Å². The molecule has 7 nitrogen and oxygen atoms in total. The molecule has 0 saturated carbocycles. The molecule has 1 N–H and O–H groups in total. The molecule has 0 fully saturated rings. The first-order valence-corrected chi connectivity index (χ1v) is 4.28. The molecule has 0 bridgehead atoms. The van der Waals surface area contributed by atoms with Crippen molar-refractivity contribution in [2.24, 2.45) is 0 Å². The van der Waals surface area contributed by atoms with E-state index in [2.05, 4.69) is 0 Å². The van der Waals surface area contributed by atoms with E-state index in [4.69, 9.17) is 0 Å². The van der Waals surface area contributed by atoms with Crippen molar-refractivity contribution in [2.75, 3.05) is 0 Å². The lowest BCUT2D eigenvalue weighted by atomic mass is 10.1. The molecular weight excluding hydrogens is 216 g/mol. The van der Waals surface area contributed by atoms with Crippen LogP contribution in [-0.2, 0) is 6.42 Å². The summed E-state index contributed by atoms with van der Waals surface area (Å²) in [5.74, 6) is -1.15. The fourth-order valence-corrected chi connectivity index (χ4v) is 1.10. The van der Waals surface area contributed by atoms with Crippen molar-refractivity contribution < 1.29 is 15.0 Å². The number of hydrogen-bond donors (Lipinski definition) is 1. The number of nitrogens with zero attached hydrogens (tertiary/aromatic N) is 2. The van der Waals surface area contributed by atoms with Crippen molar-refractivity contribution in [3.63, 3.8) is 0 Å². The van der Waals surface area contributed by atoms with Gasteiger partial charge in [-0.2, -0.15) is 0 Å². The molecule has 0 atom stereocenters. The molecule has 1 rings (SSSR count). The Morgan fingerprint density at radius 3 is 2.31 bits per heavy atom. The number of allylic oxidation sites excluding steroid dienone is 1. The number of phenols is 1. The van der Waals surface area contributed by atoms with Gasteiger partial charge in [0.2, 0.25) is 0 Å². The van der Waals surface area contributed by atoms with Crippen LogP contribution in [-0.4, -0.2) is 15.0 Å². The molecule has 1 aromatic carbocycles. The number of hydrogen-bond acceptors (Lipinski definition) is 5. The highest BCUT2D eigenvalue weighted by Crippen LogP contribution is 2.17. The first kappa shape index (κ1) is 11.6. The molecule has 16 heavy (non-hydrogen) atoms. The van der Waals surface area contributed by atoms with Crippen LogP contribution in [0.4, 0.5) is 0 Å². The van der Waals surface area contributed by atoms with Gasteiger partial charge in [-0.3, -0.25) is 20.2 Å². The van der Waals surface area contributed by atoms with Crippen molar-refractivity contribution in [1.29, 1.82) is 0 Å². The maximum atomic E-state index is 10.3. The van der Waals surface area contributed by atoms with Crippen molar-refractivity contribution in [3.8, 4) is 5.75 Å². The minimum Gasteiger partial charge on any atom is -0.508 e. The van der Waals surface area contributed by atoms with E-state index in [0.29, 0.717) is 5.56 Å². The Labute approximate surface area is 89.9 Å². The van der Waals surface area contributed by atoms with Crippen molar-refractivity contribution in [2.45, 2.75) is 6.42 Å². The smallest absolute Gasteiger partial charge is 0.508 e. The molecule has 0 radical (unpaired) electrons. The van der Waals surface area contributed by atoms with E-state index in [9.17, 15) is 25.3 Å². The molecule has 84 valence electrons. The van der Waals surface area contributed by atoms with Crippen LogP contribution in [0, 0.1) is 20.2 Å². The van der Waals surface area contributed by atoms with Crippen LogP contribution in [0.15, 0.2) is 36.2 Å². The molecule has 0 heterocycles. The molecule has 7 heteroatoms. The van der Waals surface area contributed by atoms with Gasteiger partial charge in [-0.25, -0.2) is 0 Å². The zero-order valence-electron chi connectivity index (χ0n) is 8.07. The van der Waals surface area contributed by atoms with E-state index >= 15 is 0 Å². The molecule has 0 aromatic heterocycles. The fraction of sp³-hybridized carbons (Fsp3) is 0.111. The molecule has 0 amide bonds. The van der Waals surface area contributed by atoms with Gasteiger partial charge in [0.15, 0.2) is 0 Å². The highest BCUT2D eigenvalue weighted by Gasteiger charge is 2.24. The molecule has 0 aliphatic heterocycles. The Morgan fingerprint density at radius 1 is 1.25 bits per heavy atom. The largest absolute Gasteiger partial charge is 0.554 e. The van der Waals surface area contributed by atoms with Gasteiger partial charge < -0.3 is 5.11 Å². The maximum Gasteiger partial charge on any atom is 0.554 e. The quantitative estimate of drug-likeness (QED) is 0.613. The fourth-order valence-electron chi connectivity index (χ4n) is 1.10. The summed E-state index contributed by atoms with van der Waals surface area (Å²) in [6.45, 7) is 0. The van der Waals surface area contributed by atoms with Crippen LogP contribution in [0.25, 0.3) is 0 Å². The number of nitro groups is 2. The molecule has 0 unspecified atom stereocenters. The lowest BCUT2D eigenvalue weighted by Gasteiger charge is -1.98. The molecular formula is C9H8N2O5. The van der Waals surface area contributed by atoms with E-state index in [1.54, 1.807) is 12.1 Å². The standard InChI is InChI=1S/C9H8N2O5/c12-8-4-2-1-3-7(8)5-6-9(10(13)14)11(15)16/h1-4,6,12H,5H2. The zero-order valence-corrected chi connectivity index (χ0v) is 8.07. The Morgan fingerprint density at radius 2 is 1.81 bits per heavy atom. The number of rotatable bonds is 4. The Balaban J connectivity index is 2.90. The maximum absolute atomic E-state index is 10.3. The summed E-state index contributed by atoms with van der Waals surface area (Å²) in [6, 6.07) is 6.15. The van der Waals surface area contributed by atoms with Gasteiger partial charge in [-0.15, -0.1) is 0 Å². The van der Waals surface area contributed by atoms with Crippen LogP contribution in [0.2, 0.25) is 0 Å². The highest BCUT2D eigenvalue weighted by molar-refractivity contribution is 5.33. The van der Waals surface area contributed by atoms with Crippen LogP contribution < -0.4 is 0 Å². The summed E-state index contributed by atoms with van der Waals surface area (Å²) in [7, 11) is 0. The zero-order chi connectivity index (χ0) is 12.1. The first-order valence-electron chi connectivity index (χ1n) is 4.28. The van der Waals surface area contributed by atoms with E-state index in [1.807, 2.05) is 0 Å². The van der Waals surface area contributed by atoms with Crippen LogP contribution >= 0.6 is 0 Å². The Hall–Kier alpha value is -2.44. The van der Waals surface area contributed by atoms with Gasteiger partial charge in [0.1, 0.15) is 15.6 Å². The monoisotopic (exact) mass is 224 g/mol. The summed E-state index contributed by atoms with van der Waals surface area (Å²) >= 11 is 0. The molecule has 0 aliphatic rings. The first-order chi connectivity index (χ1) is 7.52. The normalized spacial score (nSPS) is 9.50. The van der Waals surface area contributed by atoms with E-state index in [1.165, 1.54) is 12.1 Å². The third kappa shape index (κ3) is 2.77. The van der Waals surface area contributed by atoms with Crippen LogP contribution in [0.1, 0.15) is 5.56 Å². The number of phenolic OH excluding ortho intramolecular Hbond substituents is 1. The SMILES string of the molecule is O=[N+]([O-])C(=CCc1ccccc1O)[N+](=O)[O-]. The van der Waals surface area contributed by atoms with Gasteiger partial charge in [-0.1, -0.05) is 18.2 Å². The molecule has 0 saturated heterocycles. The molecule has 0 aliphatic carbocycles. The summed E-state index contributed by atoms with van der Waals surface area (Å²) < 4.78 is 0. The minimum atomic E-state index is -1.09. The summed E-state index contributed by atoms with van der Waals surface area (Å²) in [5.41, 5.74) is 0.392. The highest BCUT2D eigenvalue weighted by atomic mass is 16.7. The number of para-hydroxylation sites is 1. The summed E-state index contributed by atoms with van der Waals surface area (Å²) in [6.07, 6.45) is 0.791. The van der Waals surface area contributed by atoms with Crippen molar-refractivity contribution >= 4 is 0 Å².